The lowest BCUT2D eigenvalue weighted by Gasteiger charge is -2.23. The summed E-state index contributed by atoms with van der Waals surface area (Å²) in [5.74, 6) is -0.125. The molecular formula is C15H22N4O. The topological polar surface area (TPSA) is 61.0 Å². The number of fused-ring (bicyclic) bond motifs is 1. The van der Waals surface area contributed by atoms with Crippen LogP contribution in [0.4, 0.5) is 0 Å². The molecule has 1 aromatic heterocycles. The Labute approximate surface area is 119 Å². The van der Waals surface area contributed by atoms with Crippen molar-refractivity contribution in [3.8, 4) is 0 Å². The Morgan fingerprint density at radius 2 is 2.20 bits per heavy atom. The van der Waals surface area contributed by atoms with Crippen molar-refractivity contribution >= 4 is 16.8 Å². The van der Waals surface area contributed by atoms with Gasteiger partial charge >= 0.3 is 0 Å². The summed E-state index contributed by atoms with van der Waals surface area (Å²) >= 11 is 0. The number of rotatable bonds is 6. The number of likely N-dealkylation sites (N-methyl/N-ethyl adjacent to an activating group) is 1. The van der Waals surface area contributed by atoms with Gasteiger partial charge in [-0.2, -0.15) is 5.10 Å². The standard InChI is InChI=1S/C15H22N4O/c1-4-11(2)19(3)10-9-16-15(20)14-12-7-5-6-8-13(12)17-18-14/h5-8,11H,4,9-10H2,1-3H3,(H,16,20)(H,17,18)/t11-/m0/s1. The number of benzene rings is 1. The Morgan fingerprint density at radius 1 is 1.45 bits per heavy atom. The molecule has 0 saturated carbocycles. The molecule has 0 aliphatic rings. The molecular weight excluding hydrogens is 252 g/mol. The van der Waals surface area contributed by atoms with E-state index in [1.165, 1.54) is 0 Å². The molecule has 0 radical (unpaired) electrons. The molecule has 0 aliphatic carbocycles. The second-order valence-corrected chi connectivity index (χ2v) is 5.11. The van der Waals surface area contributed by atoms with Crippen molar-refractivity contribution in [1.82, 2.24) is 20.4 Å². The van der Waals surface area contributed by atoms with E-state index in [0.29, 0.717) is 18.3 Å². The van der Waals surface area contributed by atoms with E-state index in [9.17, 15) is 4.79 Å². The zero-order valence-electron chi connectivity index (χ0n) is 12.3. The fraction of sp³-hybridized carbons (Fsp3) is 0.467. The van der Waals surface area contributed by atoms with Gasteiger partial charge in [0.1, 0.15) is 0 Å². The highest BCUT2D eigenvalue weighted by Crippen LogP contribution is 2.14. The van der Waals surface area contributed by atoms with Crippen LogP contribution in [0.3, 0.4) is 0 Å². The van der Waals surface area contributed by atoms with Crippen molar-refractivity contribution in [2.45, 2.75) is 26.3 Å². The fourth-order valence-corrected chi connectivity index (χ4v) is 2.10. The van der Waals surface area contributed by atoms with Gasteiger partial charge < -0.3 is 10.2 Å². The van der Waals surface area contributed by atoms with Crippen molar-refractivity contribution < 1.29 is 4.79 Å². The summed E-state index contributed by atoms with van der Waals surface area (Å²) in [5.41, 5.74) is 1.35. The average molecular weight is 274 g/mol. The summed E-state index contributed by atoms with van der Waals surface area (Å²) in [6, 6.07) is 8.17. The lowest BCUT2D eigenvalue weighted by molar-refractivity contribution is 0.0944. The third-order valence-corrected chi connectivity index (χ3v) is 3.78. The van der Waals surface area contributed by atoms with Crippen molar-refractivity contribution in [2.75, 3.05) is 20.1 Å². The number of amides is 1. The van der Waals surface area contributed by atoms with E-state index < -0.39 is 0 Å². The summed E-state index contributed by atoms with van der Waals surface area (Å²) < 4.78 is 0. The summed E-state index contributed by atoms with van der Waals surface area (Å²) in [5, 5.41) is 10.8. The maximum absolute atomic E-state index is 12.1. The highest BCUT2D eigenvalue weighted by Gasteiger charge is 2.13. The summed E-state index contributed by atoms with van der Waals surface area (Å²) in [4.78, 5) is 14.4. The van der Waals surface area contributed by atoms with Crippen molar-refractivity contribution in [1.29, 1.82) is 0 Å². The number of para-hydroxylation sites is 1. The quantitative estimate of drug-likeness (QED) is 0.847. The van der Waals surface area contributed by atoms with Gasteiger partial charge in [-0.05, 0) is 26.5 Å². The largest absolute Gasteiger partial charge is 0.349 e. The maximum Gasteiger partial charge on any atom is 0.272 e. The first-order valence-electron chi connectivity index (χ1n) is 7.05. The predicted molar refractivity (Wildman–Crippen MR) is 80.8 cm³/mol. The number of nitrogens with zero attached hydrogens (tertiary/aromatic N) is 2. The van der Waals surface area contributed by atoms with E-state index >= 15 is 0 Å². The van der Waals surface area contributed by atoms with Gasteiger partial charge in [-0.25, -0.2) is 0 Å². The minimum atomic E-state index is -0.125. The van der Waals surface area contributed by atoms with Gasteiger partial charge in [-0.15, -0.1) is 0 Å². The molecule has 0 saturated heterocycles. The first kappa shape index (κ1) is 14.5. The van der Waals surface area contributed by atoms with Crippen LogP contribution in [0.25, 0.3) is 10.9 Å². The molecule has 1 heterocycles. The Morgan fingerprint density at radius 3 is 2.95 bits per heavy atom. The molecule has 1 aromatic carbocycles. The number of hydrogen-bond donors (Lipinski definition) is 2. The molecule has 0 fully saturated rings. The van der Waals surface area contributed by atoms with Gasteiger partial charge in [0.25, 0.3) is 5.91 Å². The normalized spacial score (nSPS) is 12.8. The molecule has 0 unspecified atom stereocenters. The first-order chi connectivity index (χ1) is 9.63. The predicted octanol–water partition coefficient (Wildman–Crippen LogP) is 2.02. The van der Waals surface area contributed by atoms with Gasteiger partial charge in [0.05, 0.1) is 5.52 Å². The Hall–Kier alpha value is -1.88. The minimum Gasteiger partial charge on any atom is -0.349 e. The number of hydrogen-bond acceptors (Lipinski definition) is 3. The number of H-pyrrole nitrogens is 1. The monoisotopic (exact) mass is 274 g/mol. The molecule has 0 aliphatic heterocycles. The molecule has 5 heteroatoms. The number of nitrogens with one attached hydrogen (secondary N) is 2. The zero-order chi connectivity index (χ0) is 14.5. The van der Waals surface area contributed by atoms with E-state index in [2.05, 4.69) is 41.3 Å². The second kappa shape index (κ2) is 6.52. The van der Waals surface area contributed by atoms with Crippen LogP contribution in [0.15, 0.2) is 24.3 Å². The molecule has 2 N–H and O–H groups in total. The highest BCUT2D eigenvalue weighted by molar-refractivity contribution is 6.04. The van der Waals surface area contributed by atoms with E-state index in [0.717, 1.165) is 23.9 Å². The smallest absolute Gasteiger partial charge is 0.272 e. The fourth-order valence-electron chi connectivity index (χ4n) is 2.10. The average Bonchev–Trinajstić information content (AvgIpc) is 2.90. The highest BCUT2D eigenvalue weighted by atomic mass is 16.1. The minimum absolute atomic E-state index is 0.125. The summed E-state index contributed by atoms with van der Waals surface area (Å²) in [6.45, 7) is 5.81. The Bertz CT molecular complexity index is 578. The molecule has 0 bridgehead atoms. The molecule has 2 aromatic rings. The number of carbonyl (C=O) groups is 1. The van der Waals surface area contributed by atoms with Gasteiger partial charge in [0, 0.05) is 24.5 Å². The second-order valence-electron chi connectivity index (χ2n) is 5.11. The molecule has 108 valence electrons. The molecule has 1 amide bonds. The summed E-state index contributed by atoms with van der Waals surface area (Å²) in [7, 11) is 2.07. The van der Waals surface area contributed by atoms with Crippen molar-refractivity contribution in [2.24, 2.45) is 0 Å². The van der Waals surface area contributed by atoms with E-state index in [1.807, 2.05) is 24.3 Å². The number of aromatic amines is 1. The van der Waals surface area contributed by atoms with E-state index in [1.54, 1.807) is 0 Å². The van der Waals surface area contributed by atoms with Crippen LogP contribution in [0, 0.1) is 0 Å². The van der Waals surface area contributed by atoms with Crippen LogP contribution in [0.1, 0.15) is 30.8 Å². The first-order valence-corrected chi connectivity index (χ1v) is 7.05. The molecule has 2 rings (SSSR count). The molecule has 1 atom stereocenters. The van der Waals surface area contributed by atoms with Crippen LogP contribution in [0.2, 0.25) is 0 Å². The zero-order valence-corrected chi connectivity index (χ0v) is 12.3. The van der Waals surface area contributed by atoms with E-state index in [4.69, 9.17) is 0 Å². The molecule has 20 heavy (non-hydrogen) atoms. The Kier molecular flexibility index (Phi) is 4.74. The SMILES string of the molecule is CC[C@H](C)N(C)CCNC(=O)c1n[nH]c2ccccc12. The van der Waals surface area contributed by atoms with Crippen LogP contribution < -0.4 is 5.32 Å². The third-order valence-electron chi connectivity index (χ3n) is 3.78. The van der Waals surface area contributed by atoms with Crippen LogP contribution in [0.5, 0.6) is 0 Å². The van der Waals surface area contributed by atoms with Crippen molar-refractivity contribution in [3.63, 3.8) is 0 Å². The van der Waals surface area contributed by atoms with Crippen molar-refractivity contribution in [3.05, 3.63) is 30.0 Å². The van der Waals surface area contributed by atoms with E-state index in [-0.39, 0.29) is 5.91 Å². The lowest BCUT2D eigenvalue weighted by atomic mass is 10.2. The lowest BCUT2D eigenvalue weighted by Crippen LogP contribution is -2.37. The van der Waals surface area contributed by atoms with Gasteiger partial charge in [-0.3, -0.25) is 9.89 Å². The molecule has 0 spiro atoms. The maximum atomic E-state index is 12.1. The van der Waals surface area contributed by atoms with Gasteiger partial charge in [-0.1, -0.05) is 25.1 Å². The summed E-state index contributed by atoms with van der Waals surface area (Å²) in [6.07, 6.45) is 1.11. The van der Waals surface area contributed by atoms with Gasteiger partial charge in [0.2, 0.25) is 0 Å². The van der Waals surface area contributed by atoms with Gasteiger partial charge in [0.15, 0.2) is 5.69 Å². The Balaban J connectivity index is 1.92. The van der Waals surface area contributed by atoms with Crippen LogP contribution >= 0.6 is 0 Å². The number of aromatic nitrogens is 2. The van der Waals surface area contributed by atoms with Crippen LogP contribution in [-0.2, 0) is 0 Å². The van der Waals surface area contributed by atoms with Crippen LogP contribution in [-0.4, -0.2) is 47.2 Å². The number of carbonyl (C=O) groups excluding carboxylic acids is 1. The molecule has 5 nitrogen and oxygen atoms in total. The third kappa shape index (κ3) is 3.17.